The highest BCUT2D eigenvalue weighted by Gasteiger charge is 2.35. The van der Waals surface area contributed by atoms with Crippen molar-refractivity contribution in [2.75, 3.05) is 44.4 Å². The van der Waals surface area contributed by atoms with Gasteiger partial charge in [-0.3, -0.25) is 4.79 Å². The average Bonchev–Trinajstić information content (AvgIpc) is 3.12. The highest BCUT2D eigenvalue weighted by molar-refractivity contribution is 7.89. The molecule has 0 bridgehead atoms. The molecule has 2 aromatic rings. The quantitative estimate of drug-likeness (QED) is 0.608. The highest BCUT2D eigenvalue weighted by Crippen LogP contribution is 2.34. The van der Waals surface area contributed by atoms with Gasteiger partial charge in [-0.1, -0.05) is 0 Å². The van der Waals surface area contributed by atoms with Gasteiger partial charge in [0.25, 0.3) is 0 Å². The maximum Gasteiger partial charge on any atom is 0.421 e. The van der Waals surface area contributed by atoms with Crippen molar-refractivity contribution in [3.8, 4) is 0 Å². The molecular weight excluding hydrogens is 449 g/mol. The second kappa shape index (κ2) is 9.28. The first-order valence-corrected chi connectivity index (χ1v) is 11.2. The minimum Gasteiger partial charge on any atom is -0.368 e. The molecule has 13 heteroatoms. The molecular formula is C19H23F3N6O3S. The van der Waals surface area contributed by atoms with Crippen molar-refractivity contribution in [2.45, 2.75) is 23.9 Å². The molecule has 0 atom stereocenters. The predicted octanol–water partition coefficient (Wildman–Crippen LogP) is 2.52. The third-order valence-electron chi connectivity index (χ3n) is 4.83. The van der Waals surface area contributed by atoms with Crippen LogP contribution in [0.2, 0.25) is 0 Å². The zero-order chi connectivity index (χ0) is 23.5. The molecule has 1 saturated heterocycles. The van der Waals surface area contributed by atoms with Gasteiger partial charge < -0.3 is 15.5 Å². The monoisotopic (exact) mass is 472 g/mol. The number of carbonyl (C=O) groups is 1. The fourth-order valence-electron chi connectivity index (χ4n) is 3.08. The Kier molecular flexibility index (Phi) is 6.88. The molecule has 0 spiro atoms. The number of alkyl halides is 3. The van der Waals surface area contributed by atoms with E-state index in [1.165, 1.54) is 38.4 Å². The lowest BCUT2D eigenvalue weighted by atomic mass is 10.3. The maximum absolute atomic E-state index is 13.4. The Morgan fingerprint density at radius 2 is 1.88 bits per heavy atom. The molecule has 2 heterocycles. The van der Waals surface area contributed by atoms with Crippen molar-refractivity contribution in [3.63, 3.8) is 0 Å². The summed E-state index contributed by atoms with van der Waals surface area (Å²) in [5.74, 6) is -0.526. The summed E-state index contributed by atoms with van der Waals surface area (Å²) in [6.45, 7) is 0.954. The van der Waals surface area contributed by atoms with Crippen molar-refractivity contribution in [1.29, 1.82) is 0 Å². The lowest BCUT2D eigenvalue weighted by Crippen LogP contribution is -2.30. The molecule has 0 unspecified atom stereocenters. The summed E-state index contributed by atoms with van der Waals surface area (Å²) in [4.78, 5) is 21.0. The summed E-state index contributed by atoms with van der Waals surface area (Å²) in [6.07, 6.45) is -2.80. The third kappa shape index (κ3) is 5.46. The SMILES string of the molecule is CN(C)S(=O)(=O)c1ccc(Nc2ncc(C(F)(F)F)c(NCCN3CCCC3=O)n2)cc1. The number of aromatic nitrogens is 2. The Morgan fingerprint density at radius 3 is 2.44 bits per heavy atom. The van der Waals surface area contributed by atoms with E-state index in [0.29, 0.717) is 24.8 Å². The van der Waals surface area contributed by atoms with E-state index >= 15 is 0 Å². The maximum atomic E-state index is 13.4. The van der Waals surface area contributed by atoms with Crippen LogP contribution in [0.1, 0.15) is 18.4 Å². The fraction of sp³-hybridized carbons (Fsp3) is 0.421. The van der Waals surface area contributed by atoms with Gasteiger partial charge in [0.1, 0.15) is 11.4 Å². The van der Waals surface area contributed by atoms with Crippen LogP contribution in [0, 0.1) is 0 Å². The number of carbonyl (C=O) groups excluding carboxylic acids is 1. The van der Waals surface area contributed by atoms with E-state index in [1.807, 2.05) is 0 Å². The van der Waals surface area contributed by atoms with Crippen LogP contribution in [0.25, 0.3) is 0 Å². The molecule has 1 aliphatic heterocycles. The zero-order valence-electron chi connectivity index (χ0n) is 17.5. The fourth-order valence-corrected chi connectivity index (χ4v) is 3.99. The second-order valence-electron chi connectivity index (χ2n) is 7.30. The van der Waals surface area contributed by atoms with Crippen LogP contribution in [-0.4, -0.2) is 67.2 Å². The standard InChI is InChI=1S/C19H23F3N6O3S/c1-27(2)32(30,31)14-7-5-13(6-8-14)25-18-24-12-15(19(20,21)22)17(26-18)23-9-11-28-10-3-4-16(28)29/h5-8,12H,3-4,9-11H2,1-2H3,(H2,23,24,25,26). The Labute approximate surface area is 183 Å². The molecule has 0 aliphatic carbocycles. The van der Waals surface area contributed by atoms with Crippen LogP contribution in [0.3, 0.4) is 0 Å². The summed E-state index contributed by atoms with van der Waals surface area (Å²) >= 11 is 0. The van der Waals surface area contributed by atoms with Crippen molar-refractivity contribution < 1.29 is 26.4 Å². The molecule has 2 N–H and O–H groups in total. The van der Waals surface area contributed by atoms with Gasteiger partial charge in [-0.15, -0.1) is 0 Å². The molecule has 1 aromatic heterocycles. The van der Waals surface area contributed by atoms with Gasteiger partial charge >= 0.3 is 6.18 Å². The van der Waals surface area contributed by atoms with E-state index in [1.54, 1.807) is 4.90 Å². The molecule has 0 saturated carbocycles. The van der Waals surface area contributed by atoms with Crippen molar-refractivity contribution in [1.82, 2.24) is 19.2 Å². The Morgan fingerprint density at radius 1 is 1.19 bits per heavy atom. The van der Waals surface area contributed by atoms with Gasteiger partial charge in [0.2, 0.25) is 21.9 Å². The Balaban J connectivity index is 1.75. The average molecular weight is 472 g/mol. The summed E-state index contributed by atoms with van der Waals surface area (Å²) in [6, 6.07) is 5.66. The van der Waals surface area contributed by atoms with Gasteiger partial charge in [0, 0.05) is 52.0 Å². The van der Waals surface area contributed by atoms with E-state index in [-0.39, 0.29) is 29.8 Å². The number of benzene rings is 1. The minimum atomic E-state index is -4.66. The van der Waals surface area contributed by atoms with Crippen LogP contribution < -0.4 is 10.6 Å². The van der Waals surface area contributed by atoms with E-state index in [2.05, 4.69) is 20.6 Å². The summed E-state index contributed by atoms with van der Waals surface area (Å²) < 4.78 is 65.4. The number of halogens is 3. The number of likely N-dealkylation sites (tertiary alicyclic amines) is 1. The van der Waals surface area contributed by atoms with Crippen molar-refractivity contribution >= 4 is 33.4 Å². The highest BCUT2D eigenvalue weighted by atomic mass is 32.2. The number of nitrogens with zero attached hydrogens (tertiary/aromatic N) is 4. The Hall–Kier alpha value is -2.93. The van der Waals surface area contributed by atoms with Crippen LogP contribution in [0.5, 0.6) is 0 Å². The van der Waals surface area contributed by atoms with Crippen LogP contribution >= 0.6 is 0 Å². The van der Waals surface area contributed by atoms with Gasteiger partial charge in [0.15, 0.2) is 0 Å². The smallest absolute Gasteiger partial charge is 0.368 e. The van der Waals surface area contributed by atoms with Crippen molar-refractivity contribution in [3.05, 3.63) is 36.0 Å². The first kappa shape index (κ1) is 23.7. The number of hydrogen-bond donors (Lipinski definition) is 2. The van der Waals surface area contributed by atoms with Gasteiger partial charge in [-0.25, -0.2) is 17.7 Å². The molecule has 1 fully saturated rings. The predicted molar refractivity (Wildman–Crippen MR) is 112 cm³/mol. The molecule has 0 radical (unpaired) electrons. The number of rotatable bonds is 8. The molecule has 1 amide bonds. The summed E-state index contributed by atoms with van der Waals surface area (Å²) in [5, 5.41) is 5.41. The molecule has 1 aliphatic rings. The largest absolute Gasteiger partial charge is 0.421 e. The molecule has 32 heavy (non-hydrogen) atoms. The summed E-state index contributed by atoms with van der Waals surface area (Å²) in [7, 11) is -0.788. The van der Waals surface area contributed by atoms with E-state index in [0.717, 1.165) is 10.7 Å². The first-order valence-electron chi connectivity index (χ1n) is 9.74. The lowest BCUT2D eigenvalue weighted by molar-refractivity contribution is -0.137. The molecule has 1 aromatic carbocycles. The van der Waals surface area contributed by atoms with Gasteiger partial charge in [0.05, 0.1) is 4.90 Å². The number of hydrogen-bond acceptors (Lipinski definition) is 7. The zero-order valence-corrected chi connectivity index (χ0v) is 18.3. The number of anilines is 3. The summed E-state index contributed by atoms with van der Waals surface area (Å²) in [5.41, 5.74) is -0.626. The van der Waals surface area contributed by atoms with Crippen LogP contribution in [-0.2, 0) is 21.0 Å². The minimum absolute atomic E-state index is 0.0207. The van der Waals surface area contributed by atoms with Gasteiger partial charge in [-0.2, -0.15) is 18.2 Å². The Bertz CT molecular complexity index is 1070. The van der Waals surface area contributed by atoms with E-state index in [4.69, 9.17) is 0 Å². The molecule has 3 rings (SSSR count). The second-order valence-corrected chi connectivity index (χ2v) is 9.45. The topological polar surface area (TPSA) is 108 Å². The van der Waals surface area contributed by atoms with Crippen molar-refractivity contribution in [2.24, 2.45) is 0 Å². The van der Waals surface area contributed by atoms with Crippen LogP contribution in [0.15, 0.2) is 35.4 Å². The van der Waals surface area contributed by atoms with Gasteiger partial charge in [-0.05, 0) is 30.7 Å². The first-order chi connectivity index (χ1) is 15.0. The third-order valence-corrected chi connectivity index (χ3v) is 6.66. The lowest BCUT2D eigenvalue weighted by Gasteiger charge is -2.18. The number of amides is 1. The number of nitrogens with one attached hydrogen (secondary N) is 2. The molecule has 174 valence electrons. The van der Waals surface area contributed by atoms with E-state index in [9.17, 15) is 26.4 Å². The normalized spacial score (nSPS) is 14.8. The van der Waals surface area contributed by atoms with E-state index < -0.39 is 27.6 Å². The molecule has 9 nitrogen and oxygen atoms in total. The number of sulfonamides is 1. The van der Waals surface area contributed by atoms with Crippen LogP contribution in [0.4, 0.5) is 30.6 Å².